The fraction of sp³-hybridized carbons (Fsp3) is 0.0800. The van der Waals surface area contributed by atoms with Gasteiger partial charge in [-0.1, -0.05) is 30.9 Å². The molecule has 5 aromatic rings. The second kappa shape index (κ2) is 7.81. The van der Waals surface area contributed by atoms with Crippen LogP contribution in [0.25, 0.3) is 49.2 Å². The van der Waals surface area contributed by atoms with Crippen LogP contribution in [0.3, 0.4) is 0 Å². The Balaban J connectivity index is 1.66. The number of rotatable bonds is 5. The van der Waals surface area contributed by atoms with E-state index in [-0.39, 0.29) is 0 Å². The van der Waals surface area contributed by atoms with Crippen LogP contribution < -0.4 is 0 Å². The first-order valence-corrected chi connectivity index (χ1v) is 10.9. The van der Waals surface area contributed by atoms with E-state index in [2.05, 4.69) is 74.4 Å². The molecule has 31 heavy (non-hydrogen) atoms. The van der Waals surface area contributed by atoms with Gasteiger partial charge in [-0.15, -0.1) is 11.3 Å². The number of thiophene rings is 1. The minimum Gasteiger partial charge on any atom is -0.352 e. The normalized spacial score (nSPS) is 12.7. The molecular weight excluding hydrogens is 402 g/mol. The van der Waals surface area contributed by atoms with Crippen LogP contribution in [0.1, 0.15) is 19.5 Å². The lowest BCUT2D eigenvalue weighted by Crippen LogP contribution is -1.91. The molecule has 0 atom stereocenters. The number of aromatic nitrogens is 5. The Labute approximate surface area is 183 Å². The summed E-state index contributed by atoms with van der Waals surface area (Å²) in [4.78, 5) is 13.8. The van der Waals surface area contributed by atoms with Crippen molar-refractivity contribution < 1.29 is 0 Å². The van der Waals surface area contributed by atoms with E-state index in [4.69, 9.17) is 0 Å². The van der Waals surface area contributed by atoms with E-state index in [0.717, 1.165) is 55.6 Å². The number of aromatic amines is 2. The van der Waals surface area contributed by atoms with E-state index in [9.17, 15) is 0 Å². The predicted octanol–water partition coefficient (Wildman–Crippen LogP) is 6.77. The first-order valence-electron chi connectivity index (χ1n) is 10.0. The van der Waals surface area contributed by atoms with Gasteiger partial charge in [0.25, 0.3) is 0 Å². The molecule has 2 N–H and O–H groups in total. The summed E-state index contributed by atoms with van der Waals surface area (Å²) in [6.45, 7) is 7.89. The second-order valence-corrected chi connectivity index (χ2v) is 8.23. The van der Waals surface area contributed by atoms with Gasteiger partial charge in [-0.25, -0.2) is 0 Å². The highest BCUT2D eigenvalue weighted by atomic mass is 32.1. The van der Waals surface area contributed by atoms with Gasteiger partial charge in [0.1, 0.15) is 5.69 Å². The topological polar surface area (TPSA) is 70.2 Å². The molecule has 0 bridgehead atoms. The van der Waals surface area contributed by atoms with Crippen LogP contribution in [0.15, 0.2) is 78.6 Å². The second-order valence-electron chi connectivity index (χ2n) is 7.28. The number of hydrogen-bond donors (Lipinski definition) is 2. The average Bonchev–Trinajstić information content (AvgIpc) is 3.52. The molecule has 0 saturated heterocycles. The van der Waals surface area contributed by atoms with Crippen molar-refractivity contribution in [3.05, 3.63) is 84.3 Å². The number of pyridine rings is 2. The Bertz CT molecular complexity index is 1460. The molecule has 5 nitrogen and oxygen atoms in total. The summed E-state index contributed by atoms with van der Waals surface area (Å²) < 4.78 is 0. The van der Waals surface area contributed by atoms with Crippen molar-refractivity contribution in [2.24, 2.45) is 0 Å². The minimum atomic E-state index is 0.868. The Kier molecular flexibility index (Phi) is 4.84. The zero-order chi connectivity index (χ0) is 21.4. The van der Waals surface area contributed by atoms with Gasteiger partial charge in [-0.2, -0.15) is 5.10 Å². The average molecular weight is 424 g/mol. The van der Waals surface area contributed by atoms with Crippen molar-refractivity contribution in [2.45, 2.75) is 13.8 Å². The first kappa shape index (κ1) is 19.2. The molecule has 5 rings (SSSR count). The van der Waals surface area contributed by atoms with Crippen molar-refractivity contribution in [3.63, 3.8) is 0 Å². The maximum atomic E-state index is 4.65. The molecule has 5 aromatic heterocycles. The number of nitrogens with one attached hydrogen (secondary N) is 2. The Morgan fingerprint density at radius 3 is 2.81 bits per heavy atom. The fourth-order valence-corrected chi connectivity index (χ4v) is 4.67. The smallest absolute Gasteiger partial charge is 0.116 e. The third-order valence-corrected chi connectivity index (χ3v) is 6.30. The van der Waals surface area contributed by atoms with Crippen LogP contribution in [0.2, 0.25) is 0 Å². The number of H-pyrrole nitrogens is 2. The molecule has 0 radical (unpaired) electrons. The molecule has 0 fully saturated rings. The third-order valence-electron chi connectivity index (χ3n) is 5.39. The molecule has 0 amide bonds. The summed E-state index contributed by atoms with van der Waals surface area (Å²) in [5.41, 5.74) is 7.93. The summed E-state index contributed by atoms with van der Waals surface area (Å²) >= 11 is 1.71. The quantitative estimate of drug-likeness (QED) is 0.307. The van der Waals surface area contributed by atoms with E-state index < -0.39 is 0 Å². The molecule has 0 aliphatic carbocycles. The van der Waals surface area contributed by atoms with Crippen molar-refractivity contribution >= 4 is 38.7 Å². The van der Waals surface area contributed by atoms with E-state index in [0.29, 0.717) is 0 Å². The van der Waals surface area contributed by atoms with Crippen LogP contribution in [-0.4, -0.2) is 25.1 Å². The van der Waals surface area contributed by atoms with Gasteiger partial charge in [0.05, 0.1) is 34.8 Å². The number of fused-ring (bicyclic) bond motifs is 2. The lowest BCUT2D eigenvalue weighted by atomic mass is 10.0. The van der Waals surface area contributed by atoms with Gasteiger partial charge in [0.2, 0.25) is 0 Å². The van der Waals surface area contributed by atoms with E-state index in [1.165, 1.54) is 4.88 Å². The summed E-state index contributed by atoms with van der Waals surface area (Å²) in [5, 5.41) is 12.0. The van der Waals surface area contributed by atoms with Crippen molar-refractivity contribution in [1.29, 1.82) is 0 Å². The van der Waals surface area contributed by atoms with Gasteiger partial charge >= 0.3 is 0 Å². The van der Waals surface area contributed by atoms with Crippen LogP contribution in [0, 0.1) is 0 Å². The van der Waals surface area contributed by atoms with Crippen LogP contribution in [-0.2, 0) is 0 Å². The maximum absolute atomic E-state index is 4.65. The maximum Gasteiger partial charge on any atom is 0.116 e. The van der Waals surface area contributed by atoms with Crippen LogP contribution >= 0.6 is 11.3 Å². The largest absolute Gasteiger partial charge is 0.352 e. The van der Waals surface area contributed by atoms with Crippen molar-refractivity contribution in [2.75, 3.05) is 0 Å². The third kappa shape index (κ3) is 3.31. The molecule has 0 spiro atoms. The molecular formula is C25H21N5S. The monoisotopic (exact) mass is 423 g/mol. The standard InChI is InChI=1S/C25H21N5S/c1-4-7-15(3)16(5-2)20-11-18-23(14-27-20)29-30-25(18)21-10-17-19(24-8-6-9-31-24)12-26-13-22(17)28-21/h4-14,28H,1H2,2-3H3,(H,29,30)/b15-7-,16-5+. The molecule has 5 heterocycles. The lowest BCUT2D eigenvalue weighted by molar-refractivity contribution is 1.11. The highest BCUT2D eigenvalue weighted by molar-refractivity contribution is 7.13. The summed E-state index contributed by atoms with van der Waals surface area (Å²) in [6, 6.07) is 8.42. The summed E-state index contributed by atoms with van der Waals surface area (Å²) in [7, 11) is 0. The molecule has 0 aliphatic rings. The van der Waals surface area contributed by atoms with Gasteiger partial charge in [0.15, 0.2) is 0 Å². The minimum absolute atomic E-state index is 0.868. The van der Waals surface area contributed by atoms with Gasteiger partial charge in [-0.05, 0) is 48.6 Å². The highest BCUT2D eigenvalue weighted by Crippen LogP contribution is 2.35. The Morgan fingerprint density at radius 2 is 2.03 bits per heavy atom. The van der Waals surface area contributed by atoms with E-state index >= 15 is 0 Å². The van der Waals surface area contributed by atoms with Gasteiger partial charge in [-0.3, -0.25) is 15.1 Å². The first-order chi connectivity index (χ1) is 15.2. The lowest BCUT2D eigenvalue weighted by Gasteiger charge is -2.07. The van der Waals surface area contributed by atoms with Crippen LogP contribution in [0.5, 0.6) is 0 Å². The summed E-state index contributed by atoms with van der Waals surface area (Å²) in [5.74, 6) is 0. The van der Waals surface area contributed by atoms with E-state index in [1.807, 2.05) is 31.6 Å². The zero-order valence-corrected chi connectivity index (χ0v) is 18.1. The SMILES string of the molecule is C=C/C=C(C)\C(=C/C)c1cc2c(-c3cc4c(-c5cccs5)cncc4[nH]3)n[nH]c2cn1. The van der Waals surface area contributed by atoms with Gasteiger partial charge in [0, 0.05) is 27.4 Å². The highest BCUT2D eigenvalue weighted by Gasteiger charge is 2.16. The molecule has 152 valence electrons. The molecule has 0 saturated carbocycles. The Hall–Kier alpha value is -3.77. The Morgan fingerprint density at radius 1 is 1.13 bits per heavy atom. The number of nitrogens with zero attached hydrogens (tertiary/aromatic N) is 3. The van der Waals surface area contributed by atoms with Gasteiger partial charge < -0.3 is 4.98 Å². The van der Waals surface area contributed by atoms with Crippen molar-refractivity contribution in [3.8, 4) is 21.8 Å². The fourth-order valence-electron chi connectivity index (χ4n) is 3.92. The molecule has 0 aliphatic heterocycles. The molecule has 6 heteroatoms. The zero-order valence-electron chi connectivity index (χ0n) is 17.3. The number of hydrogen-bond acceptors (Lipinski definition) is 4. The molecule has 0 aromatic carbocycles. The predicted molar refractivity (Wildman–Crippen MR) is 130 cm³/mol. The summed E-state index contributed by atoms with van der Waals surface area (Å²) in [6.07, 6.45) is 11.5. The molecule has 0 unspecified atom stereocenters. The van der Waals surface area contributed by atoms with Crippen LogP contribution in [0.4, 0.5) is 0 Å². The number of allylic oxidation sites excluding steroid dienone is 5. The van der Waals surface area contributed by atoms with Crippen molar-refractivity contribution in [1.82, 2.24) is 25.1 Å². The van der Waals surface area contributed by atoms with E-state index in [1.54, 1.807) is 17.4 Å².